The quantitative estimate of drug-likeness (QED) is 0.649. The van der Waals surface area contributed by atoms with Gasteiger partial charge in [0.2, 0.25) is 5.28 Å². The van der Waals surface area contributed by atoms with E-state index in [9.17, 15) is 0 Å². The van der Waals surface area contributed by atoms with Crippen LogP contribution in [-0.2, 0) is 0 Å². The van der Waals surface area contributed by atoms with Crippen LogP contribution in [0.15, 0.2) is 11.4 Å². The van der Waals surface area contributed by atoms with Gasteiger partial charge in [-0.3, -0.25) is 0 Å². The molecule has 3 nitrogen and oxygen atoms in total. The normalized spacial score (nSPS) is 10.9. The van der Waals surface area contributed by atoms with E-state index in [-0.39, 0.29) is 0 Å². The van der Waals surface area contributed by atoms with Crippen molar-refractivity contribution in [1.29, 1.82) is 0 Å². The minimum atomic E-state index is 0.313. The van der Waals surface area contributed by atoms with Gasteiger partial charge < -0.3 is 5.32 Å². The van der Waals surface area contributed by atoms with Gasteiger partial charge in [-0.1, -0.05) is 19.8 Å². The standard InChI is InChI=1S/C11H14ClN3S/c1-2-3-4-6-13-9-8-5-7-16-10(8)15-11(12)14-9/h5,7H,2-4,6H2,1H3,(H,13,14,15). The first kappa shape index (κ1) is 11.6. The number of rotatable bonds is 5. The lowest BCUT2D eigenvalue weighted by Gasteiger charge is -2.06. The van der Waals surface area contributed by atoms with Crippen LogP contribution in [0.5, 0.6) is 0 Å². The van der Waals surface area contributed by atoms with Gasteiger partial charge in [0.05, 0.1) is 5.39 Å². The molecule has 2 aromatic rings. The highest BCUT2D eigenvalue weighted by Gasteiger charge is 2.06. The van der Waals surface area contributed by atoms with Gasteiger partial charge in [-0.05, 0) is 29.5 Å². The molecular formula is C11H14ClN3S. The largest absolute Gasteiger partial charge is 0.369 e. The molecule has 0 aliphatic rings. The van der Waals surface area contributed by atoms with Crippen molar-refractivity contribution in [2.24, 2.45) is 0 Å². The molecule has 0 spiro atoms. The Hall–Kier alpha value is -0.870. The summed E-state index contributed by atoms with van der Waals surface area (Å²) >= 11 is 7.45. The van der Waals surface area contributed by atoms with Gasteiger partial charge in [0.25, 0.3) is 0 Å². The summed E-state index contributed by atoms with van der Waals surface area (Å²) in [6.45, 7) is 3.13. The van der Waals surface area contributed by atoms with E-state index in [4.69, 9.17) is 11.6 Å². The second-order valence-electron chi connectivity index (χ2n) is 3.61. The maximum absolute atomic E-state index is 5.87. The van der Waals surface area contributed by atoms with Crippen molar-refractivity contribution in [3.05, 3.63) is 16.7 Å². The number of halogens is 1. The van der Waals surface area contributed by atoms with Gasteiger partial charge in [0.1, 0.15) is 10.6 Å². The Bertz CT molecular complexity index is 469. The van der Waals surface area contributed by atoms with Gasteiger partial charge in [-0.15, -0.1) is 11.3 Å². The van der Waals surface area contributed by atoms with E-state index < -0.39 is 0 Å². The molecule has 2 heterocycles. The van der Waals surface area contributed by atoms with Gasteiger partial charge >= 0.3 is 0 Å². The average molecular weight is 256 g/mol. The van der Waals surface area contributed by atoms with Crippen molar-refractivity contribution < 1.29 is 0 Å². The number of hydrogen-bond acceptors (Lipinski definition) is 4. The predicted molar refractivity (Wildman–Crippen MR) is 70.4 cm³/mol. The predicted octanol–water partition coefficient (Wildman–Crippen LogP) is 3.95. The average Bonchev–Trinajstić information content (AvgIpc) is 2.72. The fourth-order valence-electron chi connectivity index (χ4n) is 1.55. The third-order valence-corrected chi connectivity index (χ3v) is 3.35. The Morgan fingerprint density at radius 1 is 1.38 bits per heavy atom. The number of hydrogen-bond donors (Lipinski definition) is 1. The van der Waals surface area contributed by atoms with Crippen LogP contribution in [0, 0.1) is 0 Å². The van der Waals surface area contributed by atoms with E-state index >= 15 is 0 Å². The lowest BCUT2D eigenvalue weighted by Crippen LogP contribution is -2.04. The Morgan fingerprint density at radius 3 is 3.06 bits per heavy atom. The first-order chi connectivity index (χ1) is 7.81. The monoisotopic (exact) mass is 255 g/mol. The van der Waals surface area contributed by atoms with Crippen LogP contribution < -0.4 is 5.32 Å². The highest BCUT2D eigenvalue weighted by molar-refractivity contribution is 7.16. The summed E-state index contributed by atoms with van der Waals surface area (Å²) in [4.78, 5) is 9.34. The highest BCUT2D eigenvalue weighted by Crippen LogP contribution is 2.26. The molecular weight excluding hydrogens is 242 g/mol. The van der Waals surface area contributed by atoms with Crippen molar-refractivity contribution in [3.63, 3.8) is 0 Å². The molecule has 1 N–H and O–H groups in total. The van der Waals surface area contributed by atoms with E-state index in [1.807, 2.05) is 11.4 Å². The van der Waals surface area contributed by atoms with Crippen molar-refractivity contribution in [3.8, 4) is 0 Å². The summed E-state index contributed by atoms with van der Waals surface area (Å²) in [7, 11) is 0. The third kappa shape index (κ3) is 2.62. The van der Waals surface area contributed by atoms with E-state index in [0.29, 0.717) is 5.28 Å². The van der Waals surface area contributed by atoms with Crippen molar-refractivity contribution in [2.75, 3.05) is 11.9 Å². The number of nitrogens with zero attached hydrogens (tertiary/aromatic N) is 2. The highest BCUT2D eigenvalue weighted by atomic mass is 35.5. The molecule has 2 rings (SSSR count). The zero-order valence-corrected chi connectivity index (χ0v) is 10.7. The minimum absolute atomic E-state index is 0.313. The molecule has 86 valence electrons. The summed E-state index contributed by atoms with van der Waals surface area (Å²) in [5.74, 6) is 0.854. The molecule has 0 aliphatic carbocycles. The maximum atomic E-state index is 5.87. The van der Waals surface area contributed by atoms with Gasteiger partial charge in [-0.25, -0.2) is 9.97 Å². The van der Waals surface area contributed by atoms with Crippen LogP contribution >= 0.6 is 22.9 Å². The second-order valence-corrected chi connectivity index (χ2v) is 4.85. The fraction of sp³-hybridized carbons (Fsp3) is 0.455. The number of unbranched alkanes of at least 4 members (excludes halogenated alkanes) is 2. The van der Waals surface area contributed by atoms with Gasteiger partial charge in [-0.2, -0.15) is 0 Å². The first-order valence-corrected chi connectivity index (χ1v) is 6.71. The topological polar surface area (TPSA) is 37.8 Å². The summed E-state index contributed by atoms with van der Waals surface area (Å²) in [6.07, 6.45) is 3.61. The first-order valence-electron chi connectivity index (χ1n) is 5.46. The summed E-state index contributed by atoms with van der Waals surface area (Å²) in [5.41, 5.74) is 0. The third-order valence-electron chi connectivity index (χ3n) is 2.37. The molecule has 0 saturated heterocycles. The molecule has 0 amide bonds. The number of thiophene rings is 1. The fourth-order valence-corrected chi connectivity index (χ4v) is 2.53. The minimum Gasteiger partial charge on any atom is -0.369 e. The molecule has 0 atom stereocenters. The number of nitrogens with one attached hydrogen (secondary N) is 1. The Balaban J connectivity index is 2.12. The van der Waals surface area contributed by atoms with Crippen LogP contribution in [0.3, 0.4) is 0 Å². The van der Waals surface area contributed by atoms with Gasteiger partial charge in [0.15, 0.2) is 0 Å². The Kier molecular flexibility index (Phi) is 3.96. The molecule has 0 aromatic carbocycles. The molecule has 0 radical (unpaired) electrons. The van der Waals surface area contributed by atoms with Crippen LogP contribution in [-0.4, -0.2) is 16.5 Å². The number of anilines is 1. The lowest BCUT2D eigenvalue weighted by molar-refractivity contribution is 0.742. The summed E-state index contributed by atoms with van der Waals surface area (Å²) in [5, 5.41) is 6.70. The van der Waals surface area contributed by atoms with E-state index in [1.54, 1.807) is 11.3 Å². The Morgan fingerprint density at radius 2 is 2.25 bits per heavy atom. The zero-order valence-electron chi connectivity index (χ0n) is 9.16. The molecule has 0 fully saturated rings. The van der Waals surface area contributed by atoms with Gasteiger partial charge in [0, 0.05) is 6.54 Å². The second kappa shape index (κ2) is 5.46. The van der Waals surface area contributed by atoms with E-state index in [1.165, 1.54) is 12.8 Å². The molecule has 0 saturated carbocycles. The molecule has 16 heavy (non-hydrogen) atoms. The Labute approximate surface area is 104 Å². The van der Waals surface area contributed by atoms with E-state index in [2.05, 4.69) is 22.2 Å². The number of aromatic nitrogens is 2. The molecule has 0 bridgehead atoms. The summed E-state index contributed by atoms with van der Waals surface area (Å²) < 4.78 is 0. The molecule has 5 heteroatoms. The molecule has 2 aromatic heterocycles. The molecule has 0 unspecified atom stereocenters. The maximum Gasteiger partial charge on any atom is 0.225 e. The van der Waals surface area contributed by atoms with E-state index in [0.717, 1.165) is 29.0 Å². The lowest BCUT2D eigenvalue weighted by atomic mass is 10.2. The van der Waals surface area contributed by atoms with Crippen molar-refractivity contribution in [1.82, 2.24) is 9.97 Å². The van der Waals surface area contributed by atoms with Crippen molar-refractivity contribution >= 4 is 39.0 Å². The number of fused-ring (bicyclic) bond motifs is 1. The molecule has 0 aliphatic heterocycles. The summed E-state index contributed by atoms with van der Waals surface area (Å²) in [6, 6.07) is 2.03. The smallest absolute Gasteiger partial charge is 0.225 e. The SMILES string of the molecule is CCCCCNc1nc(Cl)nc2sccc12. The van der Waals surface area contributed by atoms with Crippen molar-refractivity contribution in [2.45, 2.75) is 26.2 Å². The van der Waals surface area contributed by atoms with Crippen LogP contribution in [0.1, 0.15) is 26.2 Å². The van der Waals surface area contributed by atoms with Crippen LogP contribution in [0.2, 0.25) is 5.28 Å². The van der Waals surface area contributed by atoms with Crippen LogP contribution in [0.25, 0.3) is 10.2 Å². The zero-order chi connectivity index (χ0) is 11.4. The van der Waals surface area contributed by atoms with Crippen LogP contribution in [0.4, 0.5) is 5.82 Å².